The molecule has 27 heavy (non-hydrogen) atoms. The van der Waals surface area contributed by atoms with Crippen molar-refractivity contribution < 1.29 is 8.42 Å². The molecule has 1 N–H and O–H groups in total. The number of halogens is 1. The zero-order valence-corrected chi connectivity index (χ0v) is 17.8. The molecule has 3 rings (SSSR count). The minimum absolute atomic E-state index is 0.101. The standard InChI is InChI=1S/C18H18BrN3O3S2/c1-2-22-17(23)15-12-13(19)8-9-16(15)21-18(22)26-11-10-20-27(24,25)14-6-4-3-5-7-14/h3-9,12,20H,2,10-11H2,1H3. The second-order valence-electron chi connectivity index (χ2n) is 5.66. The van der Waals surface area contributed by atoms with E-state index in [2.05, 4.69) is 25.6 Å². The molecule has 0 saturated heterocycles. The van der Waals surface area contributed by atoms with Crippen LogP contribution in [0.1, 0.15) is 6.92 Å². The van der Waals surface area contributed by atoms with Crippen molar-refractivity contribution in [1.82, 2.24) is 14.3 Å². The topological polar surface area (TPSA) is 81.1 Å². The number of hydrogen-bond acceptors (Lipinski definition) is 5. The van der Waals surface area contributed by atoms with Gasteiger partial charge in [-0.1, -0.05) is 45.9 Å². The van der Waals surface area contributed by atoms with Crippen LogP contribution < -0.4 is 10.3 Å². The Kier molecular flexibility index (Phi) is 6.36. The molecule has 0 bridgehead atoms. The van der Waals surface area contributed by atoms with Crippen LogP contribution >= 0.6 is 27.7 Å². The van der Waals surface area contributed by atoms with E-state index in [1.54, 1.807) is 47.0 Å². The molecule has 1 aromatic heterocycles. The molecule has 0 saturated carbocycles. The molecule has 2 aromatic carbocycles. The summed E-state index contributed by atoms with van der Waals surface area (Å²) < 4.78 is 29.5. The van der Waals surface area contributed by atoms with E-state index in [0.29, 0.717) is 28.4 Å². The van der Waals surface area contributed by atoms with E-state index >= 15 is 0 Å². The van der Waals surface area contributed by atoms with Gasteiger partial charge in [-0.3, -0.25) is 9.36 Å². The van der Waals surface area contributed by atoms with Gasteiger partial charge >= 0.3 is 0 Å². The Morgan fingerprint density at radius 2 is 1.93 bits per heavy atom. The number of rotatable bonds is 7. The van der Waals surface area contributed by atoms with Gasteiger partial charge in [-0.15, -0.1) is 0 Å². The number of fused-ring (bicyclic) bond motifs is 1. The van der Waals surface area contributed by atoms with Crippen LogP contribution in [0.5, 0.6) is 0 Å². The van der Waals surface area contributed by atoms with E-state index < -0.39 is 10.0 Å². The van der Waals surface area contributed by atoms with E-state index in [0.717, 1.165) is 4.47 Å². The summed E-state index contributed by atoms with van der Waals surface area (Å²) in [5.74, 6) is 0.459. The molecule has 0 aliphatic rings. The smallest absolute Gasteiger partial charge is 0.262 e. The van der Waals surface area contributed by atoms with Gasteiger partial charge in [0.2, 0.25) is 10.0 Å². The van der Waals surface area contributed by atoms with Crippen LogP contribution in [-0.2, 0) is 16.6 Å². The first-order valence-electron chi connectivity index (χ1n) is 8.30. The minimum Gasteiger partial charge on any atom is -0.287 e. The van der Waals surface area contributed by atoms with Crippen molar-refractivity contribution in [2.45, 2.75) is 23.5 Å². The number of benzene rings is 2. The Balaban J connectivity index is 1.74. The Hall–Kier alpha value is -1.68. The predicted octanol–water partition coefficient (Wildman–Crippen LogP) is 3.25. The molecule has 9 heteroatoms. The highest BCUT2D eigenvalue weighted by Crippen LogP contribution is 2.20. The lowest BCUT2D eigenvalue weighted by molar-refractivity contribution is 0.584. The Bertz CT molecular complexity index is 1120. The lowest BCUT2D eigenvalue weighted by atomic mass is 10.2. The van der Waals surface area contributed by atoms with Crippen molar-refractivity contribution in [2.75, 3.05) is 12.3 Å². The first-order valence-corrected chi connectivity index (χ1v) is 11.6. The molecular weight excluding hydrogens is 450 g/mol. The predicted molar refractivity (Wildman–Crippen MR) is 112 cm³/mol. The van der Waals surface area contributed by atoms with Crippen molar-refractivity contribution >= 4 is 48.6 Å². The second-order valence-corrected chi connectivity index (χ2v) is 9.41. The maximum atomic E-state index is 12.7. The van der Waals surface area contributed by atoms with Gasteiger partial charge in [0, 0.05) is 23.3 Å². The average Bonchev–Trinajstić information content (AvgIpc) is 2.67. The minimum atomic E-state index is -3.54. The van der Waals surface area contributed by atoms with Crippen molar-refractivity contribution in [1.29, 1.82) is 0 Å². The lowest BCUT2D eigenvalue weighted by Gasteiger charge is -2.12. The second kappa shape index (κ2) is 8.55. The summed E-state index contributed by atoms with van der Waals surface area (Å²) in [5, 5.41) is 1.14. The van der Waals surface area contributed by atoms with Crippen LogP contribution in [0.3, 0.4) is 0 Å². The summed E-state index contributed by atoms with van der Waals surface area (Å²) in [6.45, 7) is 2.61. The number of sulfonamides is 1. The van der Waals surface area contributed by atoms with Crippen molar-refractivity contribution in [3.05, 3.63) is 63.4 Å². The van der Waals surface area contributed by atoms with Gasteiger partial charge in [-0.25, -0.2) is 18.1 Å². The fraction of sp³-hybridized carbons (Fsp3) is 0.222. The van der Waals surface area contributed by atoms with Crippen LogP contribution in [0.25, 0.3) is 10.9 Å². The Morgan fingerprint density at radius 3 is 2.63 bits per heavy atom. The summed E-state index contributed by atoms with van der Waals surface area (Å²) in [6, 6.07) is 13.6. The third-order valence-corrected chi connectivity index (χ3v) is 6.82. The fourth-order valence-corrected chi connectivity index (χ4v) is 5.02. The summed E-state index contributed by atoms with van der Waals surface area (Å²) in [4.78, 5) is 17.5. The summed E-state index contributed by atoms with van der Waals surface area (Å²) in [5.41, 5.74) is 0.524. The molecule has 0 aliphatic heterocycles. The van der Waals surface area contributed by atoms with Crippen molar-refractivity contribution in [3.63, 3.8) is 0 Å². The number of aromatic nitrogens is 2. The molecule has 6 nitrogen and oxygen atoms in total. The van der Waals surface area contributed by atoms with Crippen LogP contribution in [0.2, 0.25) is 0 Å². The van der Waals surface area contributed by atoms with Gasteiger partial charge < -0.3 is 0 Å². The Morgan fingerprint density at radius 1 is 1.19 bits per heavy atom. The maximum Gasteiger partial charge on any atom is 0.262 e. The van der Waals surface area contributed by atoms with Crippen LogP contribution in [0.4, 0.5) is 0 Å². The first-order chi connectivity index (χ1) is 12.9. The highest BCUT2D eigenvalue weighted by Gasteiger charge is 2.14. The van der Waals surface area contributed by atoms with E-state index in [9.17, 15) is 13.2 Å². The van der Waals surface area contributed by atoms with Gasteiger partial charge in [-0.2, -0.15) is 0 Å². The quantitative estimate of drug-likeness (QED) is 0.327. The number of hydrogen-bond donors (Lipinski definition) is 1. The largest absolute Gasteiger partial charge is 0.287 e. The number of nitrogens with one attached hydrogen (secondary N) is 1. The molecule has 3 aromatic rings. The molecule has 0 radical (unpaired) electrons. The SMILES string of the molecule is CCn1c(SCCNS(=O)(=O)c2ccccc2)nc2ccc(Br)cc2c1=O. The van der Waals surface area contributed by atoms with Gasteiger partial charge in [0.1, 0.15) is 0 Å². The summed E-state index contributed by atoms with van der Waals surface area (Å²) in [7, 11) is -3.54. The third-order valence-electron chi connectivity index (χ3n) is 3.88. The summed E-state index contributed by atoms with van der Waals surface area (Å²) in [6.07, 6.45) is 0. The molecule has 0 amide bonds. The maximum absolute atomic E-state index is 12.7. The molecule has 0 aliphatic carbocycles. The fourth-order valence-electron chi connectivity index (χ4n) is 2.56. The van der Waals surface area contributed by atoms with Crippen molar-refractivity contribution in [3.8, 4) is 0 Å². The zero-order valence-electron chi connectivity index (χ0n) is 14.6. The van der Waals surface area contributed by atoms with E-state index in [1.165, 1.54) is 11.8 Å². The normalized spacial score (nSPS) is 11.8. The van der Waals surface area contributed by atoms with Gasteiger partial charge in [0.15, 0.2) is 5.16 Å². The highest BCUT2D eigenvalue weighted by molar-refractivity contribution is 9.10. The first kappa shape index (κ1) is 20.1. The molecular formula is C18H18BrN3O3S2. The molecule has 142 valence electrons. The van der Waals surface area contributed by atoms with Crippen LogP contribution in [0.15, 0.2) is 67.9 Å². The number of nitrogens with zero attached hydrogens (tertiary/aromatic N) is 2. The monoisotopic (exact) mass is 467 g/mol. The average molecular weight is 468 g/mol. The molecule has 0 fully saturated rings. The van der Waals surface area contributed by atoms with Crippen LogP contribution in [-0.4, -0.2) is 30.3 Å². The van der Waals surface area contributed by atoms with Gasteiger partial charge in [0.25, 0.3) is 5.56 Å². The van der Waals surface area contributed by atoms with E-state index in [1.807, 2.05) is 13.0 Å². The van der Waals surface area contributed by atoms with Gasteiger partial charge in [-0.05, 0) is 37.3 Å². The molecule has 0 spiro atoms. The molecule has 0 unspecified atom stereocenters. The van der Waals surface area contributed by atoms with Crippen molar-refractivity contribution in [2.24, 2.45) is 0 Å². The summed E-state index contributed by atoms with van der Waals surface area (Å²) >= 11 is 4.73. The lowest BCUT2D eigenvalue weighted by Crippen LogP contribution is -2.27. The van der Waals surface area contributed by atoms with E-state index in [4.69, 9.17) is 0 Å². The zero-order chi connectivity index (χ0) is 19.4. The third kappa shape index (κ3) is 4.60. The molecule has 1 heterocycles. The highest BCUT2D eigenvalue weighted by atomic mass is 79.9. The Labute approximate surface area is 170 Å². The van der Waals surface area contributed by atoms with E-state index in [-0.39, 0.29) is 17.0 Å². The molecule has 0 atom stereocenters. The van der Waals surface area contributed by atoms with Crippen LogP contribution in [0, 0.1) is 0 Å². The van der Waals surface area contributed by atoms with Gasteiger partial charge in [0.05, 0.1) is 15.8 Å². The number of thioether (sulfide) groups is 1.